The van der Waals surface area contributed by atoms with Crippen molar-refractivity contribution >= 4 is 12.0 Å². The van der Waals surface area contributed by atoms with Gasteiger partial charge in [-0.15, -0.1) is 0 Å². The number of ether oxygens (including phenoxy) is 1. The summed E-state index contributed by atoms with van der Waals surface area (Å²) in [6.45, 7) is 5.14. The number of hydrogen-bond donors (Lipinski definition) is 3. The second-order valence-corrected chi connectivity index (χ2v) is 7.05. The first-order chi connectivity index (χ1) is 9.80. The highest BCUT2D eigenvalue weighted by Crippen LogP contribution is 2.43. The fraction of sp³-hybridized carbons (Fsp3) is 0.867. The van der Waals surface area contributed by atoms with Gasteiger partial charge < -0.3 is 20.5 Å². The van der Waals surface area contributed by atoms with E-state index in [-0.39, 0.29) is 29.5 Å². The quantitative estimate of drug-likeness (QED) is 0.723. The molecule has 1 saturated carbocycles. The van der Waals surface area contributed by atoms with Crippen molar-refractivity contribution in [3.05, 3.63) is 0 Å². The molecule has 21 heavy (non-hydrogen) atoms. The summed E-state index contributed by atoms with van der Waals surface area (Å²) in [5, 5.41) is 14.8. The summed E-state index contributed by atoms with van der Waals surface area (Å²) in [4.78, 5) is 22.9. The van der Waals surface area contributed by atoms with E-state index in [0.29, 0.717) is 13.2 Å². The summed E-state index contributed by atoms with van der Waals surface area (Å²) in [5.41, 5.74) is -0.438. The summed E-state index contributed by atoms with van der Waals surface area (Å²) in [6.07, 6.45) is 4.55. The Labute approximate surface area is 125 Å². The van der Waals surface area contributed by atoms with Crippen molar-refractivity contribution in [3.8, 4) is 0 Å². The molecule has 6 heteroatoms. The highest BCUT2D eigenvalue weighted by molar-refractivity contribution is 5.74. The molecule has 2 aliphatic rings. The van der Waals surface area contributed by atoms with Gasteiger partial charge in [-0.3, -0.25) is 4.79 Å². The van der Waals surface area contributed by atoms with Crippen LogP contribution in [0.25, 0.3) is 0 Å². The lowest BCUT2D eigenvalue weighted by molar-refractivity contribution is -0.141. The Kier molecular flexibility index (Phi) is 4.76. The molecule has 0 aromatic carbocycles. The average Bonchev–Trinajstić information content (AvgIpc) is 2.30. The van der Waals surface area contributed by atoms with Crippen LogP contribution in [0.15, 0.2) is 0 Å². The van der Waals surface area contributed by atoms with Gasteiger partial charge in [0.25, 0.3) is 0 Å². The van der Waals surface area contributed by atoms with Gasteiger partial charge in [-0.2, -0.15) is 0 Å². The van der Waals surface area contributed by atoms with Crippen molar-refractivity contribution in [2.24, 2.45) is 5.41 Å². The van der Waals surface area contributed by atoms with Crippen LogP contribution in [0.1, 0.15) is 52.4 Å². The molecule has 1 aliphatic carbocycles. The van der Waals surface area contributed by atoms with Crippen molar-refractivity contribution in [2.75, 3.05) is 13.2 Å². The normalized spacial score (nSPS) is 26.5. The third-order valence-electron chi connectivity index (χ3n) is 4.60. The zero-order chi connectivity index (χ0) is 15.5. The zero-order valence-corrected chi connectivity index (χ0v) is 12.9. The number of carboxylic acid groups (broad SMARTS) is 1. The van der Waals surface area contributed by atoms with Crippen LogP contribution in [0, 0.1) is 5.41 Å². The summed E-state index contributed by atoms with van der Waals surface area (Å²) < 4.78 is 5.62. The van der Waals surface area contributed by atoms with E-state index in [1.54, 1.807) is 0 Å². The van der Waals surface area contributed by atoms with Gasteiger partial charge in [0.15, 0.2) is 0 Å². The third kappa shape index (κ3) is 4.59. The molecule has 6 nitrogen and oxygen atoms in total. The first-order valence-corrected chi connectivity index (χ1v) is 7.70. The van der Waals surface area contributed by atoms with E-state index < -0.39 is 5.97 Å². The molecule has 2 rings (SSSR count). The van der Waals surface area contributed by atoms with E-state index in [9.17, 15) is 9.59 Å². The summed E-state index contributed by atoms with van der Waals surface area (Å²) in [7, 11) is 0. The summed E-state index contributed by atoms with van der Waals surface area (Å²) in [5.74, 6) is -0.789. The minimum atomic E-state index is -0.789. The molecule has 2 amide bonds. The smallest absolute Gasteiger partial charge is 0.315 e. The van der Waals surface area contributed by atoms with Gasteiger partial charge in [0.05, 0.1) is 12.0 Å². The fourth-order valence-electron chi connectivity index (χ4n) is 3.27. The van der Waals surface area contributed by atoms with Gasteiger partial charge in [-0.05, 0) is 44.9 Å². The van der Waals surface area contributed by atoms with E-state index in [1.165, 1.54) is 0 Å². The van der Waals surface area contributed by atoms with Crippen molar-refractivity contribution in [3.63, 3.8) is 0 Å². The highest BCUT2D eigenvalue weighted by atomic mass is 16.5. The molecule has 1 saturated heterocycles. The van der Waals surface area contributed by atoms with Crippen molar-refractivity contribution in [1.29, 1.82) is 0 Å². The molecule has 0 radical (unpaired) electrons. The zero-order valence-electron chi connectivity index (χ0n) is 12.9. The Morgan fingerprint density at radius 1 is 1.33 bits per heavy atom. The van der Waals surface area contributed by atoms with Crippen LogP contribution in [0.4, 0.5) is 4.79 Å². The first-order valence-electron chi connectivity index (χ1n) is 7.70. The maximum Gasteiger partial charge on any atom is 0.315 e. The lowest BCUT2D eigenvalue weighted by Gasteiger charge is -2.41. The second kappa shape index (κ2) is 6.22. The average molecular weight is 298 g/mol. The Bertz CT molecular complexity index is 404. The maximum absolute atomic E-state index is 12.0. The lowest BCUT2D eigenvalue weighted by Crippen LogP contribution is -2.51. The van der Waals surface area contributed by atoms with Crippen LogP contribution >= 0.6 is 0 Å². The largest absolute Gasteiger partial charge is 0.481 e. The fourth-order valence-corrected chi connectivity index (χ4v) is 3.27. The molecule has 0 aromatic rings. The van der Waals surface area contributed by atoms with Crippen LogP contribution in [-0.4, -0.2) is 41.9 Å². The predicted octanol–water partition coefficient (Wildman–Crippen LogP) is 1.89. The van der Waals surface area contributed by atoms with Crippen molar-refractivity contribution in [2.45, 2.75) is 64.0 Å². The number of carbonyl (C=O) groups excluding carboxylic acids is 1. The number of amides is 2. The monoisotopic (exact) mass is 298 g/mol. The predicted molar refractivity (Wildman–Crippen MR) is 78.1 cm³/mol. The van der Waals surface area contributed by atoms with E-state index in [4.69, 9.17) is 9.84 Å². The van der Waals surface area contributed by atoms with Gasteiger partial charge in [0, 0.05) is 19.2 Å². The third-order valence-corrected chi connectivity index (χ3v) is 4.60. The Morgan fingerprint density at radius 3 is 2.57 bits per heavy atom. The molecular weight excluding hydrogens is 272 g/mol. The SMILES string of the molecule is CC1(C)CC(NC(=O)NCC2(CC(=O)O)CCC2)CCO1. The van der Waals surface area contributed by atoms with E-state index in [2.05, 4.69) is 10.6 Å². The van der Waals surface area contributed by atoms with Crippen molar-refractivity contribution in [1.82, 2.24) is 10.6 Å². The molecule has 1 aliphatic heterocycles. The van der Waals surface area contributed by atoms with Gasteiger partial charge in [0.1, 0.15) is 0 Å². The molecule has 3 N–H and O–H groups in total. The number of carboxylic acids is 1. The number of rotatable bonds is 5. The first kappa shape index (κ1) is 16.1. The van der Waals surface area contributed by atoms with Crippen LogP contribution < -0.4 is 10.6 Å². The maximum atomic E-state index is 12.0. The summed E-state index contributed by atoms with van der Waals surface area (Å²) >= 11 is 0. The molecule has 1 heterocycles. The minimum absolute atomic E-state index is 0.116. The van der Waals surface area contributed by atoms with Crippen LogP contribution in [0.2, 0.25) is 0 Å². The molecular formula is C15H26N2O4. The van der Waals surface area contributed by atoms with Gasteiger partial charge in [0.2, 0.25) is 0 Å². The highest BCUT2D eigenvalue weighted by Gasteiger charge is 2.39. The van der Waals surface area contributed by atoms with Crippen LogP contribution in [-0.2, 0) is 9.53 Å². The topological polar surface area (TPSA) is 87.7 Å². The number of aliphatic carboxylic acids is 1. The molecule has 0 aromatic heterocycles. The van der Waals surface area contributed by atoms with Crippen molar-refractivity contribution < 1.29 is 19.4 Å². The number of carbonyl (C=O) groups is 2. The van der Waals surface area contributed by atoms with Gasteiger partial charge in [-0.1, -0.05) is 6.42 Å². The number of hydrogen-bond acceptors (Lipinski definition) is 3. The van der Waals surface area contributed by atoms with Crippen LogP contribution in [0.3, 0.4) is 0 Å². The molecule has 2 fully saturated rings. The van der Waals surface area contributed by atoms with Crippen LogP contribution in [0.5, 0.6) is 0 Å². The van der Waals surface area contributed by atoms with E-state index in [1.807, 2.05) is 13.8 Å². The molecule has 120 valence electrons. The second-order valence-electron chi connectivity index (χ2n) is 7.05. The Morgan fingerprint density at radius 2 is 2.05 bits per heavy atom. The molecule has 0 bridgehead atoms. The lowest BCUT2D eigenvalue weighted by atomic mass is 9.66. The molecule has 1 unspecified atom stereocenters. The standard InChI is InChI=1S/C15H26N2O4/c1-14(2)8-11(4-7-21-14)17-13(20)16-10-15(5-3-6-15)9-12(18)19/h11H,3-10H2,1-2H3,(H,18,19)(H2,16,17,20). The van der Waals surface area contributed by atoms with E-state index >= 15 is 0 Å². The Balaban J connectivity index is 1.75. The van der Waals surface area contributed by atoms with Gasteiger partial charge >= 0.3 is 12.0 Å². The summed E-state index contributed by atoms with van der Waals surface area (Å²) in [6, 6.07) is -0.0834. The number of nitrogens with one attached hydrogen (secondary N) is 2. The molecule has 1 atom stereocenters. The van der Waals surface area contributed by atoms with Gasteiger partial charge in [-0.25, -0.2) is 4.79 Å². The Hall–Kier alpha value is -1.30. The van der Waals surface area contributed by atoms with E-state index in [0.717, 1.165) is 32.1 Å². The molecule has 0 spiro atoms. The minimum Gasteiger partial charge on any atom is -0.481 e. The number of urea groups is 1.